The Morgan fingerprint density at radius 2 is 2.19 bits per heavy atom. The molecular weight excluding hydrogens is 292 g/mol. The van der Waals surface area contributed by atoms with Gasteiger partial charge in [0.1, 0.15) is 10.7 Å². The number of aromatic nitrogens is 1. The first-order chi connectivity index (χ1) is 9.80. The molecule has 21 heavy (non-hydrogen) atoms. The number of hydrogen-bond acceptors (Lipinski definition) is 5. The van der Waals surface area contributed by atoms with Gasteiger partial charge in [0.2, 0.25) is 15.9 Å². The Balaban J connectivity index is 2.13. The Morgan fingerprint density at radius 1 is 1.48 bits per heavy atom. The van der Waals surface area contributed by atoms with Gasteiger partial charge in [0.05, 0.1) is 0 Å². The van der Waals surface area contributed by atoms with Gasteiger partial charge in [-0.25, -0.2) is 13.4 Å². The minimum atomic E-state index is -3.55. The van der Waals surface area contributed by atoms with Crippen molar-refractivity contribution < 1.29 is 13.2 Å². The minimum Gasteiger partial charge on any atom is -0.370 e. The highest BCUT2D eigenvalue weighted by Crippen LogP contribution is 2.26. The lowest BCUT2D eigenvalue weighted by Crippen LogP contribution is -2.29. The maximum absolute atomic E-state index is 12.5. The fourth-order valence-corrected chi connectivity index (χ4v) is 3.88. The summed E-state index contributed by atoms with van der Waals surface area (Å²) < 4.78 is 26.4. The molecule has 2 N–H and O–H groups in total. The standard InChI is InChI=1S/C13H20N4O3S/c1-16(2)13-4-3-11(8-15-13)21(19,20)17-6-5-10(9-17)7-12(14)18/h3-4,8,10H,5-7,9H2,1-2H3,(H2,14,18). The lowest BCUT2D eigenvalue weighted by Gasteiger charge is -2.17. The third-order valence-corrected chi connectivity index (χ3v) is 5.40. The molecule has 7 nitrogen and oxygen atoms in total. The van der Waals surface area contributed by atoms with Gasteiger partial charge < -0.3 is 10.6 Å². The monoisotopic (exact) mass is 312 g/mol. The van der Waals surface area contributed by atoms with E-state index >= 15 is 0 Å². The smallest absolute Gasteiger partial charge is 0.244 e. The Bertz CT molecular complexity index is 613. The van der Waals surface area contributed by atoms with Crippen LogP contribution in [0.1, 0.15) is 12.8 Å². The van der Waals surface area contributed by atoms with E-state index in [0.29, 0.717) is 25.3 Å². The highest BCUT2D eigenvalue weighted by atomic mass is 32.2. The quantitative estimate of drug-likeness (QED) is 0.827. The summed E-state index contributed by atoms with van der Waals surface area (Å²) in [7, 11) is 0.128. The number of anilines is 1. The first-order valence-electron chi connectivity index (χ1n) is 6.72. The Morgan fingerprint density at radius 3 is 2.71 bits per heavy atom. The number of nitrogens with zero attached hydrogens (tertiary/aromatic N) is 3. The third-order valence-electron chi connectivity index (χ3n) is 3.56. The summed E-state index contributed by atoms with van der Waals surface area (Å²) in [5, 5.41) is 0. The van der Waals surface area contributed by atoms with Gasteiger partial charge in [-0.2, -0.15) is 4.31 Å². The molecule has 1 saturated heterocycles. The van der Waals surface area contributed by atoms with Crippen molar-refractivity contribution in [3.63, 3.8) is 0 Å². The van der Waals surface area contributed by atoms with Crippen LogP contribution < -0.4 is 10.6 Å². The molecule has 1 aliphatic rings. The van der Waals surface area contributed by atoms with Gasteiger partial charge in [0.15, 0.2) is 0 Å². The fraction of sp³-hybridized carbons (Fsp3) is 0.538. The third kappa shape index (κ3) is 3.51. The molecule has 0 aliphatic carbocycles. The topological polar surface area (TPSA) is 96.6 Å². The van der Waals surface area contributed by atoms with E-state index in [9.17, 15) is 13.2 Å². The number of carbonyl (C=O) groups is 1. The largest absolute Gasteiger partial charge is 0.370 e. The van der Waals surface area contributed by atoms with Crippen molar-refractivity contribution in [1.82, 2.24) is 9.29 Å². The van der Waals surface area contributed by atoms with Crippen molar-refractivity contribution >= 4 is 21.7 Å². The van der Waals surface area contributed by atoms with E-state index in [1.54, 1.807) is 17.0 Å². The van der Waals surface area contributed by atoms with Gasteiger partial charge in [0.25, 0.3) is 0 Å². The first kappa shape index (κ1) is 15.7. The second kappa shape index (κ2) is 5.98. The number of nitrogens with two attached hydrogens (primary N) is 1. The molecule has 1 fully saturated rings. The van der Waals surface area contributed by atoms with Crippen LogP contribution in [0.25, 0.3) is 0 Å². The van der Waals surface area contributed by atoms with Crippen LogP contribution in [0.15, 0.2) is 23.2 Å². The highest BCUT2D eigenvalue weighted by Gasteiger charge is 2.33. The van der Waals surface area contributed by atoms with Gasteiger partial charge in [0, 0.05) is 39.8 Å². The molecule has 0 spiro atoms. The summed E-state index contributed by atoms with van der Waals surface area (Å²) in [6.45, 7) is 0.746. The molecule has 1 amide bonds. The molecule has 1 unspecified atom stereocenters. The van der Waals surface area contributed by atoms with Crippen LogP contribution in [0.3, 0.4) is 0 Å². The summed E-state index contributed by atoms with van der Waals surface area (Å²) in [6.07, 6.45) is 2.25. The Kier molecular flexibility index (Phi) is 4.48. The molecule has 2 rings (SSSR count). The zero-order valence-corrected chi connectivity index (χ0v) is 13.0. The Labute approximate surface area is 124 Å². The lowest BCUT2D eigenvalue weighted by atomic mass is 10.1. The van der Waals surface area contributed by atoms with E-state index in [1.165, 1.54) is 10.5 Å². The molecule has 2 heterocycles. The number of amides is 1. The lowest BCUT2D eigenvalue weighted by molar-refractivity contribution is -0.118. The molecular formula is C13H20N4O3S. The van der Waals surface area contributed by atoms with Crippen LogP contribution in [-0.4, -0.2) is 50.8 Å². The van der Waals surface area contributed by atoms with Crippen LogP contribution in [0.2, 0.25) is 0 Å². The van der Waals surface area contributed by atoms with Crippen molar-refractivity contribution in [1.29, 1.82) is 0 Å². The molecule has 1 aliphatic heterocycles. The summed E-state index contributed by atoms with van der Waals surface area (Å²) in [6, 6.07) is 3.23. The summed E-state index contributed by atoms with van der Waals surface area (Å²) in [5.74, 6) is 0.310. The Hall–Kier alpha value is -1.67. The minimum absolute atomic E-state index is 0.00582. The van der Waals surface area contributed by atoms with Crippen LogP contribution in [0.4, 0.5) is 5.82 Å². The highest BCUT2D eigenvalue weighted by molar-refractivity contribution is 7.89. The number of carbonyl (C=O) groups excluding carboxylic acids is 1. The van der Waals surface area contributed by atoms with E-state index < -0.39 is 15.9 Å². The van der Waals surface area contributed by atoms with Gasteiger partial charge in [-0.05, 0) is 24.5 Å². The van der Waals surface area contributed by atoms with Crippen molar-refractivity contribution in [3.8, 4) is 0 Å². The van der Waals surface area contributed by atoms with Crippen LogP contribution in [0.5, 0.6) is 0 Å². The number of rotatable bonds is 5. The van der Waals surface area contributed by atoms with Gasteiger partial charge in [-0.1, -0.05) is 0 Å². The molecule has 1 atom stereocenters. The van der Waals surface area contributed by atoms with Crippen LogP contribution in [-0.2, 0) is 14.8 Å². The van der Waals surface area contributed by atoms with Crippen molar-refractivity contribution in [2.24, 2.45) is 11.7 Å². The summed E-state index contributed by atoms with van der Waals surface area (Å²) in [5.41, 5.74) is 5.16. The molecule has 8 heteroatoms. The van der Waals surface area contributed by atoms with E-state index in [1.807, 2.05) is 14.1 Å². The van der Waals surface area contributed by atoms with Crippen LogP contribution in [0, 0.1) is 5.92 Å². The maximum atomic E-state index is 12.5. The fourth-order valence-electron chi connectivity index (χ4n) is 2.41. The van der Waals surface area contributed by atoms with Gasteiger partial charge in [-0.15, -0.1) is 0 Å². The zero-order valence-electron chi connectivity index (χ0n) is 12.2. The SMILES string of the molecule is CN(C)c1ccc(S(=O)(=O)N2CCC(CC(N)=O)C2)cn1. The van der Waals surface area contributed by atoms with E-state index in [-0.39, 0.29) is 17.2 Å². The average Bonchev–Trinajstić information content (AvgIpc) is 2.87. The molecule has 116 valence electrons. The number of primary amides is 1. The molecule has 0 saturated carbocycles. The number of hydrogen-bond donors (Lipinski definition) is 1. The second-order valence-electron chi connectivity index (χ2n) is 5.43. The zero-order chi connectivity index (χ0) is 15.6. The molecule has 0 bridgehead atoms. The van der Waals surface area contributed by atoms with Crippen molar-refractivity contribution in [2.75, 3.05) is 32.1 Å². The van der Waals surface area contributed by atoms with E-state index in [2.05, 4.69) is 4.98 Å². The summed E-state index contributed by atoms with van der Waals surface area (Å²) >= 11 is 0. The normalized spacial score (nSPS) is 19.6. The van der Waals surface area contributed by atoms with Crippen molar-refractivity contribution in [3.05, 3.63) is 18.3 Å². The molecule has 0 radical (unpaired) electrons. The van der Waals surface area contributed by atoms with E-state index in [4.69, 9.17) is 5.73 Å². The number of pyridine rings is 1. The predicted molar refractivity (Wildman–Crippen MR) is 79.2 cm³/mol. The van der Waals surface area contributed by atoms with Gasteiger partial charge >= 0.3 is 0 Å². The first-order valence-corrected chi connectivity index (χ1v) is 8.16. The average molecular weight is 312 g/mol. The predicted octanol–water partition coefficient (Wildman–Crippen LogP) is 0.0336. The maximum Gasteiger partial charge on any atom is 0.244 e. The molecule has 1 aromatic rings. The van der Waals surface area contributed by atoms with Crippen molar-refractivity contribution in [2.45, 2.75) is 17.7 Å². The van der Waals surface area contributed by atoms with E-state index in [0.717, 1.165) is 0 Å². The van der Waals surface area contributed by atoms with Crippen LogP contribution >= 0.6 is 0 Å². The van der Waals surface area contributed by atoms with Gasteiger partial charge in [-0.3, -0.25) is 4.79 Å². The molecule has 1 aromatic heterocycles. The molecule has 0 aromatic carbocycles. The number of sulfonamides is 1. The summed E-state index contributed by atoms with van der Waals surface area (Å²) in [4.78, 5) is 17.0. The second-order valence-corrected chi connectivity index (χ2v) is 7.37.